The minimum Gasteiger partial charge on any atom is -0.373 e. The first kappa shape index (κ1) is 9.45. The molecule has 0 heterocycles. The van der Waals surface area contributed by atoms with Gasteiger partial charge in [0.1, 0.15) is 11.5 Å². The molecule has 0 amide bonds. The summed E-state index contributed by atoms with van der Waals surface area (Å²) in [4.78, 5) is 1.40. The Bertz CT molecular complexity index is 299. The van der Waals surface area contributed by atoms with E-state index in [1.807, 2.05) is 0 Å². The van der Waals surface area contributed by atoms with Gasteiger partial charge < -0.3 is 4.90 Å². The maximum atomic E-state index is 13.2. The van der Waals surface area contributed by atoms with E-state index in [0.29, 0.717) is 0 Å². The second-order valence-electron chi connectivity index (χ2n) is 2.59. The molecule has 0 saturated heterocycles. The van der Waals surface area contributed by atoms with Gasteiger partial charge in [0.2, 0.25) is 0 Å². The zero-order chi connectivity index (χ0) is 9.30. The van der Waals surface area contributed by atoms with E-state index in [4.69, 9.17) is 0 Å². The second kappa shape index (κ2) is 3.39. The minimum absolute atomic E-state index is 0.0237. The average molecular weight is 236 g/mol. The van der Waals surface area contributed by atoms with Gasteiger partial charge in [-0.3, -0.25) is 0 Å². The van der Waals surface area contributed by atoms with Crippen LogP contribution in [0, 0.1) is 11.6 Å². The van der Waals surface area contributed by atoms with Crippen molar-refractivity contribution in [3.8, 4) is 0 Å². The summed E-state index contributed by atoms with van der Waals surface area (Å²) in [7, 11) is 3.18. The van der Waals surface area contributed by atoms with Gasteiger partial charge in [-0.1, -0.05) is 0 Å². The molecule has 1 aromatic carbocycles. The molecule has 12 heavy (non-hydrogen) atoms. The van der Waals surface area contributed by atoms with Crippen molar-refractivity contribution in [1.29, 1.82) is 0 Å². The monoisotopic (exact) mass is 235 g/mol. The van der Waals surface area contributed by atoms with E-state index in [1.165, 1.54) is 17.0 Å². The van der Waals surface area contributed by atoms with Crippen LogP contribution in [0.5, 0.6) is 0 Å². The molecule has 0 saturated carbocycles. The van der Waals surface area contributed by atoms with Gasteiger partial charge in [-0.2, -0.15) is 0 Å². The van der Waals surface area contributed by atoms with Gasteiger partial charge in [0.25, 0.3) is 0 Å². The average Bonchev–Trinajstić information content (AvgIpc) is 1.97. The van der Waals surface area contributed by atoms with Gasteiger partial charge in [0.05, 0.1) is 4.47 Å². The fourth-order valence-electron chi connectivity index (χ4n) is 0.926. The van der Waals surface area contributed by atoms with E-state index >= 15 is 0 Å². The first-order valence-corrected chi connectivity index (χ1v) is 4.14. The number of anilines is 1. The topological polar surface area (TPSA) is 3.24 Å². The zero-order valence-electron chi connectivity index (χ0n) is 6.74. The van der Waals surface area contributed by atoms with Crippen LogP contribution in [0.1, 0.15) is 0 Å². The fraction of sp³-hybridized carbons (Fsp3) is 0.250. The lowest BCUT2D eigenvalue weighted by Gasteiger charge is -2.14. The van der Waals surface area contributed by atoms with E-state index < -0.39 is 11.6 Å². The lowest BCUT2D eigenvalue weighted by Crippen LogP contribution is -2.12. The number of rotatable bonds is 1. The summed E-state index contributed by atoms with van der Waals surface area (Å²) in [6.45, 7) is 0. The predicted octanol–water partition coefficient (Wildman–Crippen LogP) is 2.79. The Morgan fingerprint density at radius 2 is 1.83 bits per heavy atom. The van der Waals surface area contributed by atoms with Gasteiger partial charge >= 0.3 is 0 Å². The van der Waals surface area contributed by atoms with Crippen LogP contribution in [0.25, 0.3) is 0 Å². The molecule has 0 aliphatic rings. The summed E-state index contributed by atoms with van der Waals surface area (Å²) >= 11 is 2.98. The van der Waals surface area contributed by atoms with E-state index in [-0.39, 0.29) is 10.2 Å². The van der Waals surface area contributed by atoms with E-state index in [2.05, 4.69) is 15.9 Å². The molecule has 66 valence electrons. The Balaban J connectivity index is 3.33. The molecule has 0 bridgehead atoms. The molecule has 0 atom stereocenters. The largest absolute Gasteiger partial charge is 0.373 e. The summed E-state index contributed by atoms with van der Waals surface area (Å²) in [5.74, 6) is -1.12. The van der Waals surface area contributed by atoms with Gasteiger partial charge in [0.15, 0.2) is 5.82 Å². The second-order valence-corrected chi connectivity index (χ2v) is 3.44. The van der Waals surface area contributed by atoms with Crippen LogP contribution in [0.2, 0.25) is 0 Å². The van der Waals surface area contributed by atoms with Crippen molar-refractivity contribution in [3.63, 3.8) is 0 Å². The van der Waals surface area contributed by atoms with Crippen LogP contribution >= 0.6 is 15.9 Å². The zero-order valence-corrected chi connectivity index (χ0v) is 8.32. The SMILES string of the molecule is CN(C)c1c(F)ccc(Br)c1F. The van der Waals surface area contributed by atoms with Crippen LogP contribution in [-0.2, 0) is 0 Å². The van der Waals surface area contributed by atoms with Crippen molar-refractivity contribution in [3.05, 3.63) is 28.2 Å². The highest BCUT2D eigenvalue weighted by atomic mass is 79.9. The number of nitrogens with zero attached hydrogens (tertiary/aromatic N) is 1. The Hall–Kier alpha value is -0.640. The maximum Gasteiger partial charge on any atom is 0.163 e. The van der Waals surface area contributed by atoms with Crippen LogP contribution < -0.4 is 4.90 Å². The Morgan fingerprint density at radius 3 is 2.25 bits per heavy atom. The van der Waals surface area contributed by atoms with Gasteiger partial charge in [0, 0.05) is 14.1 Å². The highest BCUT2D eigenvalue weighted by Crippen LogP contribution is 2.27. The van der Waals surface area contributed by atoms with Gasteiger partial charge in [-0.15, -0.1) is 0 Å². The first-order valence-electron chi connectivity index (χ1n) is 3.35. The quantitative estimate of drug-likeness (QED) is 0.677. The maximum absolute atomic E-state index is 13.2. The smallest absolute Gasteiger partial charge is 0.163 e. The third kappa shape index (κ3) is 1.58. The number of benzene rings is 1. The van der Waals surface area contributed by atoms with Crippen LogP contribution in [0.3, 0.4) is 0 Å². The molecule has 0 radical (unpaired) electrons. The van der Waals surface area contributed by atoms with Crippen molar-refractivity contribution in [2.75, 3.05) is 19.0 Å². The van der Waals surface area contributed by atoms with Crippen LogP contribution in [0.15, 0.2) is 16.6 Å². The molecule has 0 fully saturated rings. The lowest BCUT2D eigenvalue weighted by atomic mass is 10.3. The van der Waals surface area contributed by atoms with Crippen molar-refractivity contribution in [2.24, 2.45) is 0 Å². The molecular formula is C8H8BrF2N. The highest BCUT2D eigenvalue weighted by Gasteiger charge is 2.13. The summed E-state index contributed by atoms with van der Waals surface area (Å²) in [5, 5.41) is 0. The summed E-state index contributed by atoms with van der Waals surface area (Å²) in [6, 6.07) is 2.57. The van der Waals surface area contributed by atoms with Crippen LogP contribution in [-0.4, -0.2) is 14.1 Å². The lowest BCUT2D eigenvalue weighted by molar-refractivity contribution is 0.577. The molecule has 0 aliphatic carbocycles. The molecule has 0 spiro atoms. The fourth-order valence-corrected chi connectivity index (χ4v) is 1.25. The molecule has 0 unspecified atom stereocenters. The molecule has 0 N–H and O–H groups in total. The molecule has 1 rings (SSSR count). The first-order chi connectivity index (χ1) is 5.54. The van der Waals surface area contributed by atoms with Gasteiger partial charge in [-0.05, 0) is 28.1 Å². The molecule has 1 nitrogen and oxygen atoms in total. The Kier molecular flexibility index (Phi) is 2.67. The molecule has 1 aromatic rings. The summed E-state index contributed by atoms with van der Waals surface area (Å²) in [6.07, 6.45) is 0. The number of hydrogen-bond donors (Lipinski definition) is 0. The summed E-state index contributed by atoms with van der Waals surface area (Å²) in [5.41, 5.74) is -0.0237. The number of halogens is 3. The predicted molar refractivity (Wildman–Crippen MR) is 48.4 cm³/mol. The molecule has 4 heteroatoms. The van der Waals surface area contributed by atoms with E-state index in [9.17, 15) is 8.78 Å². The third-order valence-corrected chi connectivity index (χ3v) is 2.08. The van der Waals surface area contributed by atoms with Crippen molar-refractivity contribution < 1.29 is 8.78 Å². The Morgan fingerprint density at radius 1 is 1.25 bits per heavy atom. The van der Waals surface area contributed by atoms with Gasteiger partial charge in [-0.25, -0.2) is 8.78 Å². The highest BCUT2D eigenvalue weighted by molar-refractivity contribution is 9.10. The third-order valence-electron chi connectivity index (χ3n) is 1.47. The minimum atomic E-state index is -0.569. The standard InChI is InChI=1S/C8H8BrF2N/c1-12(2)8-6(10)4-3-5(9)7(8)11/h3-4H,1-2H3. The molecule has 0 aromatic heterocycles. The summed E-state index contributed by atoms with van der Waals surface area (Å²) < 4.78 is 26.4. The Labute approximate surface area is 78.1 Å². The number of hydrogen-bond acceptors (Lipinski definition) is 1. The molecule has 0 aliphatic heterocycles. The van der Waals surface area contributed by atoms with Crippen molar-refractivity contribution in [1.82, 2.24) is 0 Å². The van der Waals surface area contributed by atoms with E-state index in [1.54, 1.807) is 14.1 Å². The van der Waals surface area contributed by atoms with Crippen molar-refractivity contribution in [2.45, 2.75) is 0 Å². The van der Waals surface area contributed by atoms with E-state index in [0.717, 1.165) is 0 Å². The normalized spacial score (nSPS) is 10.1. The van der Waals surface area contributed by atoms with Crippen LogP contribution in [0.4, 0.5) is 14.5 Å². The molecular weight excluding hydrogens is 228 g/mol. The van der Waals surface area contributed by atoms with Crippen molar-refractivity contribution >= 4 is 21.6 Å².